The number of carbonyl (C=O) groups is 2. The van der Waals surface area contributed by atoms with Crippen LogP contribution in [0.2, 0.25) is 17.6 Å². The summed E-state index contributed by atoms with van der Waals surface area (Å²) in [5.41, 5.74) is 2.51. The molecule has 0 heterocycles. The molecular formula is C41H56O6S2Si. The van der Waals surface area contributed by atoms with Gasteiger partial charge in [0.05, 0.1) is 12.2 Å². The Morgan fingerprint density at radius 3 is 2.00 bits per heavy atom. The minimum absolute atomic E-state index is 0.105. The maximum atomic E-state index is 14.9. The molecule has 0 aliphatic heterocycles. The minimum atomic E-state index is -2.18. The van der Waals surface area contributed by atoms with Crippen molar-refractivity contribution in [2.45, 2.75) is 111 Å². The van der Waals surface area contributed by atoms with E-state index >= 15 is 0 Å². The topological polar surface area (TPSA) is 82.1 Å². The molecule has 50 heavy (non-hydrogen) atoms. The van der Waals surface area contributed by atoms with Gasteiger partial charge < -0.3 is 17.9 Å². The Kier molecular flexibility index (Phi) is 12.3. The van der Waals surface area contributed by atoms with Crippen molar-refractivity contribution in [1.82, 2.24) is 0 Å². The minimum Gasteiger partial charge on any atom is -0.418 e. The van der Waals surface area contributed by atoms with Crippen LogP contribution in [0.25, 0.3) is 0 Å². The lowest BCUT2D eigenvalue weighted by molar-refractivity contribution is -0.133. The predicted octanol–water partition coefficient (Wildman–Crippen LogP) is 10.6. The molecule has 272 valence electrons. The molecule has 6 nitrogen and oxygen atoms in total. The monoisotopic (exact) mass is 736 g/mol. The molecule has 0 spiro atoms. The molecule has 2 fully saturated rings. The molecule has 9 heteroatoms. The first kappa shape index (κ1) is 38.9. The first-order valence-corrected chi connectivity index (χ1v) is 22.2. The molecule has 7 atom stereocenters. The second kappa shape index (κ2) is 15.7. The Morgan fingerprint density at radius 2 is 1.48 bits per heavy atom. The van der Waals surface area contributed by atoms with E-state index in [0.717, 1.165) is 49.0 Å². The van der Waals surface area contributed by atoms with E-state index in [4.69, 9.17) is 12.8 Å². The number of hydrogen-bond acceptors (Lipinski definition) is 8. The van der Waals surface area contributed by atoms with E-state index in [1.807, 2.05) is 60.7 Å². The van der Waals surface area contributed by atoms with Crippen LogP contribution in [-0.4, -0.2) is 35.9 Å². The van der Waals surface area contributed by atoms with E-state index in [1.54, 1.807) is 0 Å². The fourth-order valence-corrected chi connectivity index (χ4v) is 14.6. The summed E-state index contributed by atoms with van der Waals surface area (Å²) in [6, 6.07) is 20.7. The van der Waals surface area contributed by atoms with Gasteiger partial charge in [0.25, 0.3) is 0 Å². The summed E-state index contributed by atoms with van der Waals surface area (Å²) in [4.78, 5) is 29.4. The molecule has 0 unspecified atom stereocenters. The van der Waals surface area contributed by atoms with Crippen LogP contribution in [0.1, 0.15) is 81.1 Å². The van der Waals surface area contributed by atoms with Gasteiger partial charge in [-0.25, -0.2) is 0 Å². The highest BCUT2D eigenvalue weighted by Crippen LogP contribution is 2.64. The highest BCUT2D eigenvalue weighted by molar-refractivity contribution is 8.10. The summed E-state index contributed by atoms with van der Waals surface area (Å²) in [5.74, 6) is -0.780. The number of para-hydroxylation sites is 2. The van der Waals surface area contributed by atoms with E-state index in [2.05, 4.69) is 62.0 Å². The molecule has 0 aromatic heterocycles. The fourth-order valence-electron chi connectivity index (χ4n) is 9.79. The second-order valence-electron chi connectivity index (χ2n) is 15.9. The number of aliphatic hydroxyl groups excluding tert-OH is 1. The Bertz CT molecular complexity index is 1560. The fraction of sp³-hybridized carbons (Fsp3) is 0.561. The van der Waals surface area contributed by atoms with E-state index in [1.165, 1.54) is 11.1 Å². The summed E-state index contributed by atoms with van der Waals surface area (Å²) in [6.07, 6.45) is 1.65. The number of allylic oxidation sites excluding steroid dienone is 1. The summed E-state index contributed by atoms with van der Waals surface area (Å²) in [6.45, 7) is 22.5. The van der Waals surface area contributed by atoms with Crippen molar-refractivity contribution in [1.29, 1.82) is 0 Å². The third-order valence-corrected chi connectivity index (χ3v) is 19.1. The van der Waals surface area contributed by atoms with Crippen molar-refractivity contribution in [2.75, 3.05) is 0 Å². The Balaban J connectivity index is 1.68. The Morgan fingerprint density at radius 1 is 0.940 bits per heavy atom. The molecule has 5 rings (SSSR count). The van der Waals surface area contributed by atoms with Crippen molar-refractivity contribution in [3.05, 3.63) is 84.0 Å². The molecule has 0 amide bonds. The summed E-state index contributed by atoms with van der Waals surface area (Å²) in [5, 5.41) is 11.2. The molecule has 3 aliphatic rings. The molecule has 3 aliphatic carbocycles. The number of benzene rings is 2. The van der Waals surface area contributed by atoms with Gasteiger partial charge in [-0.15, -0.1) is 0 Å². The van der Waals surface area contributed by atoms with Crippen LogP contribution in [0.5, 0.6) is 11.5 Å². The van der Waals surface area contributed by atoms with Crippen LogP contribution in [0, 0.1) is 34.5 Å². The third-order valence-electron chi connectivity index (χ3n) is 12.4. The third kappa shape index (κ3) is 7.59. The lowest BCUT2D eigenvalue weighted by Gasteiger charge is -2.60. The first-order valence-electron chi connectivity index (χ1n) is 18.3. The number of carbonyl (C=O) groups excluding carboxylic acids is 2. The van der Waals surface area contributed by atoms with Crippen LogP contribution in [0.3, 0.4) is 0 Å². The normalized spacial score (nSPS) is 29.5. The van der Waals surface area contributed by atoms with Gasteiger partial charge in [0.2, 0.25) is 10.2 Å². The smallest absolute Gasteiger partial charge is 0.231 e. The number of rotatable bonds is 11. The van der Waals surface area contributed by atoms with Crippen molar-refractivity contribution in [3.8, 4) is 11.5 Å². The highest BCUT2D eigenvalue weighted by atomic mass is 32.2. The van der Waals surface area contributed by atoms with Gasteiger partial charge in [-0.3, -0.25) is 9.59 Å². The predicted molar refractivity (Wildman–Crippen MR) is 208 cm³/mol. The van der Waals surface area contributed by atoms with Crippen LogP contribution in [0.15, 0.2) is 84.0 Å². The highest BCUT2D eigenvalue weighted by Gasteiger charge is 2.62. The van der Waals surface area contributed by atoms with Gasteiger partial charge in [-0.2, -0.15) is 0 Å². The molecule has 2 aromatic rings. The van der Waals surface area contributed by atoms with Crippen LogP contribution in [0.4, 0.5) is 0 Å². The zero-order valence-corrected chi connectivity index (χ0v) is 33.7. The van der Waals surface area contributed by atoms with E-state index < -0.39 is 43.0 Å². The van der Waals surface area contributed by atoms with Crippen LogP contribution < -0.4 is 8.37 Å². The maximum absolute atomic E-state index is 14.9. The molecular weight excluding hydrogens is 681 g/mol. The lowest BCUT2D eigenvalue weighted by atomic mass is 9.46. The summed E-state index contributed by atoms with van der Waals surface area (Å²) in [7, 11) is -2.18. The Hall–Kier alpha value is -2.30. The Labute approximate surface area is 309 Å². The van der Waals surface area contributed by atoms with Crippen molar-refractivity contribution in [3.63, 3.8) is 0 Å². The zero-order chi connectivity index (χ0) is 36.4. The lowest BCUT2D eigenvalue weighted by Crippen LogP contribution is -2.59. The van der Waals surface area contributed by atoms with Crippen LogP contribution >= 0.6 is 24.1 Å². The molecule has 2 aromatic carbocycles. The first-order chi connectivity index (χ1) is 23.7. The van der Waals surface area contributed by atoms with Gasteiger partial charge in [0.15, 0.2) is 8.32 Å². The van der Waals surface area contributed by atoms with Gasteiger partial charge in [0.1, 0.15) is 35.6 Å². The average Bonchev–Trinajstić information content (AvgIpc) is 3.09. The number of aliphatic hydroxyl groups is 1. The summed E-state index contributed by atoms with van der Waals surface area (Å²) < 4.78 is 19.7. The van der Waals surface area contributed by atoms with Gasteiger partial charge in [-0.05, 0) is 108 Å². The molecule has 2 saturated carbocycles. The quantitative estimate of drug-likeness (QED) is 0.139. The van der Waals surface area contributed by atoms with Gasteiger partial charge in [0, 0.05) is 11.8 Å². The van der Waals surface area contributed by atoms with Crippen molar-refractivity contribution in [2.24, 2.45) is 34.5 Å². The second-order valence-corrected chi connectivity index (χ2v) is 22.3. The number of hydrogen-bond donors (Lipinski definition) is 1. The van der Waals surface area contributed by atoms with Crippen molar-refractivity contribution < 1.29 is 27.5 Å². The zero-order valence-electron chi connectivity index (χ0n) is 31.1. The SMILES string of the molecule is C=C1[C@@H](O)CC[C@@]2(C)C[C@H](O[Si](CC)(CC)C(C)C)C3=C(C)C[C@H](C(=O)SOc4ccccc4)[C@@H]([C@@H](C(=O)SOc4ccccc4)[C@H]12)C3(C)C. The molecule has 1 N–H and O–H groups in total. The van der Waals surface area contributed by atoms with E-state index in [9.17, 15) is 14.7 Å². The standard InChI is InChI=1S/C41H56O6S2Si/c1-10-50(11-2,26(3)4)47-33-25-41(9)23-22-32(42)28(6)36(41)34(39(44)49-46-30-20-16-13-17-21-30)37-31(24-27(5)35(33)40(37,7)8)38(43)48-45-29-18-14-12-15-19-29/h12-21,26,31-34,36-37,42H,6,10-11,22-25H2,1-5,7-9H3/t31-,32-,33-,34-,36-,37-,41-/m0/s1. The maximum Gasteiger partial charge on any atom is 0.231 e. The van der Waals surface area contributed by atoms with Gasteiger partial charge in [-0.1, -0.05) is 97.0 Å². The van der Waals surface area contributed by atoms with E-state index in [0.29, 0.717) is 35.5 Å². The molecule has 2 bridgehead atoms. The number of fused-ring (bicyclic) bond motifs is 3. The van der Waals surface area contributed by atoms with Crippen LogP contribution in [-0.2, 0) is 14.0 Å². The van der Waals surface area contributed by atoms with Gasteiger partial charge >= 0.3 is 0 Å². The summed E-state index contributed by atoms with van der Waals surface area (Å²) >= 11 is 1.71. The molecule has 0 radical (unpaired) electrons. The van der Waals surface area contributed by atoms with Crippen molar-refractivity contribution >= 4 is 42.6 Å². The molecule has 0 saturated heterocycles. The largest absolute Gasteiger partial charge is 0.418 e. The average molecular weight is 737 g/mol. The van der Waals surface area contributed by atoms with E-state index in [-0.39, 0.29) is 22.3 Å².